The molecule has 0 aliphatic carbocycles. The second kappa shape index (κ2) is 9.24. The fourth-order valence-corrected chi connectivity index (χ4v) is 4.05. The third-order valence-electron chi connectivity index (χ3n) is 5.65. The summed E-state index contributed by atoms with van der Waals surface area (Å²) in [4.78, 5) is 29.7. The number of carbonyl (C=O) groups excluding carboxylic acids is 1. The zero-order valence-corrected chi connectivity index (χ0v) is 16.6. The highest BCUT2D eigenvalue weighted by molar-refractivity contribution is 5.89. The zero-order chi connectivity index (χ0) is 20.1. The Balaban J connectivity index is 1.35. The topological polar surface area (TPSA) is 66.8 Å². The minimum Gasteiger partial charge on any atom is -0.379 e. The number of hydrogen-bond donors (Lipinski definition) is 1. The average Bonchev–Trinajstić information content (AvgIpc) is 3.21. The molecule has 1 aromatic heterocycles. The van der Waals surface area contributed by atoms with Gasteiger partial charge in [0.05, 0.1) is 19.8 Å². The van der Waals surface area contributed by atoms with Crippen molar-refractivity contribution < 1.29 is 9.53 Å². The summed E-state index contributed by atoms with van der Waals surface area (Å²) in [7, 11) is 0. The van der Waals surface area contributed by atoms with E-state index in [1.807, 2.05) is 35.2 Å². The number of urea groups is 1. The maximum Gasteiger partial charge on any atom is 0.322 e. The smallest absolute Gasteiger partial charge is 0.322 e. The second-order valence-electron chi connectivity index (χ2n) is 7.78. The monoisotopic (exact) mass is 396 g/mol. The number of amides is 2. The molecule has 2 saturated heterocycles. The van der Waals surface area contributed by atoms with Gasteiger partial charge in [0.2, 0.25) is 0 Å². The van der Waals surface area contributed by atoms with Gasteiger partial charge in [0.25, 0.3) is 5.56 Å². The van der Waals surface area contributed by atoms with E-state index in [0.29, 0.717) is 18.2 Å². The Hall–Kier alpha value is -2.64. The molecule has 3 heterocycles. The molecular formula is C22H28N4O3. The van der Waals surface area contributed by atoms with E-state index in [9.17, 15) is 9.59 Å². The van der Waals surface area contributed by atoms with Crippen molar-refractivity contribution in [3.8, 4) is 0 Å². The first kappa shape index (κ1) is 19.7. The van der Waals surface area contributed by atoms with Crippen molar-refractivity contribution in [3.63, 3.8) is 0 Å². The summed E-state index contributed by atoms with van der Waals surface area (Å²) in [6, 6.07) is 13.1. The van der Waals surface area contributed by atoms with E-state index in [2.05, 4.69) is 10.2 Å². The van der Waals surface area contributed by atoms with Crippen LogP contribution in [-0.2, 0) is 11.3 Å². The number of ether oxygens (including phenoxy) is 1. The molecule has 2 fully saturated rings. The van der Waals surface area contributed by atoms with E-state index in [-0.39, 0.29) is 11.6 Å². The number of rotatable bonds is 5. The molecule has 0 unspecified atom stereocenters. The van der Waals surface area contributed by atoms with Crippen LogP contribution in [0.5, 0.6) is 0 Å². The number of hydrogen-bond acceptors (Lipinski definition) is 4. The van der Waals surface area contributed by atoms with Crippen molar-refractivity contribution in [2.45, 2.75) is 13.0 Å². The number of nitrogens with zero attached hydrogens (tertiary/aromatic N) is 3. The lowest BCUT2D eigenvalue weighted by Gasteiger charge is -2.29. The van der Waals surface area contributed by atoms with Crippen LogP contribution in [0.3, 0.4) is 0 Å². The van der Waals surface area contributed by atoms with Crippen LogP contribution < -0.4 is 10.9 Å². The van der Waals surface area contributed by atoms with E-state index >= 15 is 0 Å². The Labute approximate surface area is 170 Å². The van der Waals surface area contributed by atoms with Gasteiger partial charge >= 0.3 is 6.03 Å². The van der Waals surface area contributed by atoms with Gasteiger partial charge in [-0.25, -0.2) is 4.79 Å². The van der Waals surface area contributed by atoms with Crippen LogP contribution >= 0.6 is 0 Å². The first-order valence-electron chi connectivity index (χ1n) is 10.3. The van der Waals surface area contributed by atoms with Gasteiger partial charge in [-0.05, 0) is 30.0 Å². The summed E-state index contributed by atoms with van der Waals surface area (Å²) in [5.41, 5.74) is 1.18. The standard InChI is InChI=1S/C22H28N4O3/c27-21-20(7-4-9-25(21)16-18-5-2-1-3-6-18)23-22(28)26-10-8-19(17-26)15-24-11-13-29-14-12-24/h1-7,9,19H,8,10-17H2,(H,23,28)/t19-/m0/s1. The lowest BCUT2D eigenvalue weighted by atomic mass is 10.1. The summed E-state index contributed by atoms with van der Waals surface area (Å²) in [5, 5.41) is 2.82. The van der Waals surface area contributed by atoms with E-state index < -0.39 is 0 Å². The maximum atomic E-state index is 12.8. The number of pyridine rings is 1. The fraction of sp³-hybridized carbons (Fsp3) is 0.455. The second-order valence-corrected chi connectivity index (χ2v) is 7.78. The molecule has 1 aromatic carbocycles. The quantitative estimate of drug-likeness (QED) is 0.840. The summed E-state index contributed by atoms with van der Waals surface area (Å²) in [6.07, 6.45) is 2.75. The third-order valence-corrected chi connectivity index (χ3v) is 5.65. The van der Waals surface area contributed by atoms with Gasteiger partial charge in [0, 0.05) is 38.9 Å². The highest BCUT2D eigenvalue weighted by Gasteiger charge is 2.28. The van der Waals surface area contributed by atoms with Gasteiger partial charge in [-0.15, -0.1) is 0 Å². The molecule has 0 saturated carbocycles. The molecule has 7 nitrogen and oxygen atoms in total. The van der Waals surface area contributed by atoms with Crippen molar-refractivity contribution in [2.24, 2.45) is 5.92 Å². The minimum atomic E-state index is -0.191. The third kappa shape index (κ3) is 5.05. The fourth-order valence-electron chi connectivity index (χ4n) is 4.05. The molecule has 154 valence electrons. The van der Waals surface area contributed by atoms with E-state index in [1.54, 1.807) is 22.9 Å². The molecule has 7 heteroatoms. The lowest BCUT2D eigenvalue weighted by molar-refractivity contribution is 0.0314. The summed E-state index contributed by atoms with van der Waals surface area (Å²) < 4.78 is 7.02. The lowest BCUT2D eigenvalue weighted by Crippen LogP contribution is -2.40. The maximum absolute atomic E-state index is 12.8. The number of benzene rings is 1. The summed E-state index contributed by atoms with van der Waals surface area (Å²) in [5.74, 6) is 0.476. The Morgan fingerprint density at radius 2 is 1.86 bits per heavy atom. The predicted molar refractivity (Wildman–Crippen MR) is 112 cm³/mol. The van der Waals surface area contributed by atoms with Crippen molar-refractivity contribution in [3.05, 3.63) is 64.6 Å². The Kier molecular flexibility index (Phi) is 6.27. The van der Waals surface area contributed by atoms with Crippen LogP contribution in [0, 0.1) is 5.92 Å². The number of aromatic nitrogens is 1. The number of anilines is 1. The molecule has 0 bridgehead atoms. The Morgan fingerprint density at radius 1 is 1.07 bits per heavy atom. The van der Waals surface area contributed by atoms with Crippen LogP contribution in [0.2, 0.25) is 0 Å². The van der Waals surface area contributed by atoms with Crippen LogP contribution in [0.25, 0.3) is 0 Å². The zero-order valence-electron chi connectivity index (χ0n) is 16.6. The highest BCUT2D eigenvalue weighted by Crippen LogP contribution is 2.19. The van der Waals surface area contributed by atoms with E-state index in [0.717, 1.165) is 57.9 Å². The van der Waals surface area contributed by atoms with Crippen molar-refractivity contribution >= 4 is 11.7 Å². The summed E-state index contributed by atoms with van der Waals surface area (Å²) >= 11 is 0. The molecule has 2 aromatic rings. The van der Waals surface area contributed by atoms with Gasteiger partial charge in [0.1, 0.15) is 5.69 Å². The van der Waals surface area contributed by atoms with Gasteiger partial charge < -0.3 is 19.5 Å². The van der Waals surface area contributed by atoms with Gasteiger partial charge in [-0.3, -0.25) is 9.69 Å². The number of nitrogens with one attached hydrogen (secondary N) is 1. The van der Waals surface area contributed by atoms with Crippen molar-refractivity contribution in [1.82, 2.24) is 14.4 Å². The molecule has 0 radical (unpaired) electrons. The number of morpholine rings is 1. The number of carbonyl (C=O) groups is 1. The molecule has 29 heavy (non-hydrogen) atoms. The summed E-state index contributed by atoms with van der Waals surface area (Å²) in [6.45, 7) is 6.46. The SMILES string of the molecule is O=C(Nc1cccn(Cc2ccccc2)c1=O)N1CC[C@@H](CN2CCOCC2)C1. The normalized spacial score (nSPS) is 20.0. The van der Waals surface area contributed by atoms with Crippen molar-refractivity contribution in [2.75, 3.05) is 51.3 Å². The van der Waals surface area contributed by atoms with Crippen molar-refractivity contribution in [1.29, 1.82) is 0 Å². The molecule has 1 atom stereocenters. The van der Waals surface area contributed by atoms with Crippen LogP contribution in [-0.4, -0.2) is 66.3 Å². The average molecular weight is 396 g/mol. The Bertz CT molecular complexity index is 877. The predicted octanol–water partition coefficient (Wildman–Crippen LogP) is 2.08. The minimum absolute atomic E-state index is 0.186. The Morgan fingerprint density at radius 3 is 2.66 bits per heavy atom. The number of likely N-dealkylation sites (tertiary alicyclic amines) is 1. The van der Waals surface area contributed by atoms with E-state index in [4.69, 9.17) is 4.74 Å². The molecule has 2 aliphatic rings. The first-order chi connectivity index (χ1) is 14.2. The largest absolute Gasteiger partial charge is 0.379 e. The molecule has 0 spiro atoms. The molecule has 2 amide bonds. The van der Waals surface area contributed by atoms with Crippen LogP contribution in [0.4, 0.5) is 10.5 Å². The van der Waals surface area contributed by atoms with Crippen LogP contribution in [0.15, 0.2) is 53.5 Å². The van der Waals surface area contributed by atoms with Crippen LogP contribution in [0.1, 0.15) is 12.0 Å². The molecule has 1 N–H and O–H groups in total. The molecular weight excluding hydrogens is 368 g/mol. The van der Waals surface area contributed by atoms with Gasteiger partial charge in [-0.2, -0.15) is 0 Å². The molecule has 2 aliphatic heterocycles. The van der Waals surface area contributed by atoms with Gasteiger partial charge in [0.15, 0.2) is 0 Å². The van der Waals surface area contributed by atoms with E-state index in [1.165, 1.54) is 0 Å². The first-order valence-corrected chi connectivity index (χ1v) is 10.3. The highest BCUT2D eigenvalue weighted by atomic mass is 16.5. The molecule has 4 rings (SSSR count). The van der Waals surface area contributed by atoms with Gasteiger partial charge in [-0.1, -0.05) is 30.3 Å².